The third-order valence-electron chi connectivity index (χ3n) is 4.44. The highest BCUT2D eigenvalue weighted by atomic mass is 16.5. The first-order chi connectivity index (χ1) is 10.2. The van der Waals surface area contributed by atoms with Crippen molar-refractivity contribution in [2.75, 3.05) is 33.4 Å². The maximum Gasteiger partial charge on any atom is 0.0995 e. The van der Waals surface area contributed by atoms with E-state index in [1.54, 1.807) is 7.11 Å². The van der Waals surface area contributed by atoms with Crippen molar-refractivity contribution in [1.29, 1.82) is 5.26 Å². The number of likely N-dealkylation sites (tertiary alicyclic amines) is 1. The SMILES string of the molecule is COCC[C@]1(CO)CCCN(Cc2ccccc2C#N)C1. The Morgan fingerprint density at radius 2 is 2.24 bits per heavy atom. The molecule has 1 aliphatic heterocycles. The Morgan fingerprint density at radius 3 is 2.95 bits per heavy atom. The summed E-state index contributed by atoms with van der Waals surface area (Å²) in [4.78, 5) is 2.35. The third kappa shape index (κ3) is 4.04. The second kappa shape index (κ2) is 7.56. The fourth-order valence-corrected chi connectivity index (χ4v) is 3.18. The molecule has 1 aliphatic rings. The number of ether oxygens (including phenoxy) is 1. The Balaban J connectivity index is 2.05. The lowest BCUT2D eigenvalue weighted by atomic mass is 9.78. The molecule has 0 spiro atoms. The second-order valence-electron chi connectivity index (χ2n) is 5.98. The van der Waals surface area contributed by atoms with E-state index in [1.165, 1.54) is 0 Å². The van der Waals surface area contributed by atoms with Crippen molar-refractivity contribution in [2.24, 2.45) is 5.41 Å². The number of nitriles is 1. The van der Waals surface area contributed by atoms with Crippen molar-refractivity contribution in [1.82, 2.24) is 4.90 Å². The van der Waals surface area contributed by atoms with Gasteiger partial charge < -0.3 is 9.84 Å². The lowest BCUT2D eigenvalue weighted by Gasteiger charge is -2.42. The fraction of sp³-hybridized carbons (Fsp3) is 0.588. The molecule has 2 rings (SSSR count). The molecule has 0 radical (unpaired) electrons. The quantitative estimate of drug-likeness (QED) is 0.871. The van der Waals surface area contributed by atoms with Gasteiger partial charge in [-0.3, -0.25) is 4.90 Å². The fourth-order valence-electron chi connectivity index (χ4n) is 3.18. The van der Waals surface area contributed by atoms with E-state index in [9.17, 15) is 10.4 Å². The summed E-state index contributed by atoms with van der Waals surface area (Å²) in [5.41, 5.74) is 1.76. The van der Waals surface area contributed by atoms with Gasteiger partial charge in [0.1, 0.15) is 0 Å². The molecule has 21 heavy (non-hydrogen) atoms. The van der Waals surface area contributed by atoms with Gasteiger partial charge in [-0.1, -0.05) is 18.2 Å². The summed E-state index contributed by atoms with van der Waals surface area (Å²) in [6.45, 7) is 3.55. The first-order valence-corrected chi connectivity index (χ1v) is 7.53. The Hall–Kier alpha value is -1.41. The van der Waals surface area contributed by atoms with Gasteiger partial charge in [0.05, 0.1) is 18.2 Å². The molecule has 0 saturated carbocycles. The van der Waals surface area contributed by atoms with Crippen LogP contribution in [0.5, 0.6) is 0 Å². The van der Waals surface area contributed by atoms with E-state index in [1.807, 2.05) is 24.3 Å². The second-order valence-corrected chi connectivity index (χ2v) is 5.98. The molecule has 0 aliphatic carbocycles. The topological polar surface area (TPSA) is 56.5 Å². The molecule has 1 N–H and O–H groups in total. The summed E-state index contributed by atoms with van der Waals surface area (Å²) in [5.74, 6) is 0. The van der Waals surface area contributed by atoms with Crippen LogP contribution < -0.4 is 0 Å². The zero-order valence-electron chi connectivity index (χ0n) is 12.7. The molecule has 1 saturated heterocycles. The van der Waals surface area contributed by atoms with E-state index >= 15 is 0 Å². The smallest absolute Gasteiger partial charge is 0.0995 e. The zero-order chi connectivity index (χ0) is 15.1. The molecular formula is C17H24N2O2. The molecule has 1 heterocycles. The van der Waals surface area contributed by atoms with Crippen LogP contribution in [0.15, 0.2) is 24.3 Å². The van der Waals surface area contributed by atoms with Crippen LogP contribution in [0.3, 0.4) is 0 Å². The summed E-state index contributed by atoms with van der Waals surface area (Å²) >= 11 is 0. The average Bonchev–Trinajstić information content (AvgIpc) is 2.54. The molecular weight excluding hydrogens is 264 g/mol. The average molecular weight is 288 g/mol. The first-order valence-electron chi connectivity index (χ1n) is 7.53. The lowest BCUT2D eigenvalue weighted by molar-refractivity contribution is 0.00473. The van der Waals surface area contributed by atoms with Crippen molar-refractivity contribution in [3.8, 4) is 6.07 Å². The highest BCUT2D eigenvalue weighted by Gasteiger charge is 2.34. The minimum atomic E-state index is -0.0597. The van der Waals surface area contributed by atoms with Crippen molar-refractivity contribution in [2.45, 2.75) is 25.8 Å². The normalized spacial score (nSPS) is 22.9. The zero-order valence-corrected chi connectivity index (χ0v) is 12.7. The number of aliphatic hydroxyl groups excluding tert-OH is 1. The van der Waals surface area contributed by atoms with Crippen LogP contribution in [0, 0.1) is 16.7 Å². The molecule has 1 fully saturated rings. The summed E-state index contributed by atoms with van der Waals surface area (Å²) in [5, 5.41) is 19.0. The van der Waals surface area contributed by atoms with Crippen LogP contribution in [0.2, 0.25) is 0 Å². The maximum absolute atomic E-state index is 9.82. The lowest BCUT2D eigenvalue weighted by Crippen LogP contribution is -2.45. The standard InChI is InChI=1S/C17H24N2O2/c1-21-10-8-17(14-20)7-4-9-19(13-17)12-16-6-3-2-5-15(16)11-18/h2-3,5-6,20H,4,7-10,12-14H2,1H3/t17-/m1/s1. The number of benzene rings is 1. The van der Waals surface area contributed by atoms with Crippen molar-refractivity contribution < 1.29 is 9.84 Å². The van der Waals surface area contributed by atoms with E-state index in [0.717, 1.165) is 50.0 Å². The molecule has 0 amide bonds. The van der Waals surface area contributed by atoms with Gasteiger partial charge >= 0.3 is 0 Å². The number of aliphatic hydroxyl groups is 1. The highest BCUT2D eigenvalue weighted by Crippen LogP contribution is 2.33. The van der Waals surface area contributed by atoms with Gasteiger partial charge in [-0.05, 0) is 37.4 Å². The van der Waals surface area contributed by atoms with Crippen molar-refractivity contribution in [3.05, 3.63) is 35.4 Å². The summed E-state index contributed by atoms with van der Waals surface area (Å²) < 4.78 is 5.19. The number of nitrogens with zero attached hydrogens (tertiary/aromatic N) is 2. The molecule has 0 unspecified atom stereocenters. The Labute approximate surface area is 127 Å². The van der Waals surface area contributed by atoms with E-state index in [-0.39, 0.29) is 12.0 Å². The number of hydrogen-bond acceptors (Lipinski definition) is 4. The van der Waals surface area contributed by atoms with E-state index < -0.39 is 0 Å². The Morgan fingerprint density at radius 1 is 1.43 bits per heavy atom. The van der Waals surface area contributed by atoms with Crippen LogP contribution in [-0.2, 0) is 11.3 Å². The summed E-state index contributed by atoms with van der Waals surface area (Å²) in [6.07, 6.45) is 3.01. The van der Waals surface area contributed by atoms with Gasteiger partial charge in [-0.15, -0.1) is 0 Å². The maximum atomic E-state index is 9.82. The third-order valence-corrected chi connectivity index (χ3v) is 4.44. The number of piperidine rings is 1. The van der Waals surface area contributed by atoms with Crippen LogP contribution in [0.1, 0.15) is 30.4 Å². The number of rotatable bonds is 6. The predicted molar refractivity (Wildman–Crippen MR) is 81.7 cm³/mol. The van der Waals surface area contributed by atoms with Crippen molar-refractivity contribution >= 4 is 0 Å². The molecule has 1 atom stereocenters. The predicted octanol–water partition coefficient (Wildman–Crippen LogP) is 2.17. The molecule has 0 bridgehead atoms. The van der Waals surface area contributed by atoms with Crippen LogP contribution in [0.25, 0.3) is 0 Å². The first kappa shape index (κ1) is 16.0. The Bertz CT molecular complexity index is 498. The van der Waals surface area contributed by atoms with Gasteiger partial charge in [0.2, 0.25) is 0 Å². The number of methoxy groups -OCH3 is 1. The van der Waals surface area contributed by atoms with Gasteiger partial charge in [0.25, 0.3) is 0 Å². The molecule has 4 nitrogen and oxygen atoms in total. The Kier molecular flexibility index (Phi) is 5.75. The molecule has 114 valence electrons. The molecule has 1 aromatic rings. The van der Waals surface area contributed by atoms with Gasteiger partial charge in [0, 0.05) is 32.2 Å². The van der Waals surface area contributed by atoms with Crippen molar-refractivity contribution in [3.63, 3.8) is 0 Å². The molecule has 0 aromatic heterocycles. The van der Waals surface area contributed by atoms with Crippen LogP contribution in [-0.4, -0.2) is 43.4 Å². The minimum absolute atomic E-state index is 0.0597. The highest BCUT2D eigenvalue weighted by molar-refractivity contribution is 5.37. The molecule has 4 heteroatoms. The van der Waals surface area contributed by atoms with Gasteiger partial charge in [0.15, 0.2) is 0 Å². The largest absolute Gasteiger partial charge is 0.396 e. The number of hydrogen-bond donors (Lipinski definition) is 1. The minimum Gasteiger partial charge on any atom is -0.396 e. The van der Waals surface area contributed by atoms with Gasteiger partial charge in [-0.25, -0.2) is 0 Å². The van der Waals surface area contributed by atoms with E-state index in [4.69, 9.17) is 4.74 Å². The van der Waals surface area contributed by atoms with Crippen LogP contribution in [0.4, 0.5) is 0 Å². The summed E-state index contributed by atoms with van der Waals surface area (Å²) in [7, 11) is 1.70. The summed E-state index contributed by atoms with van der Waals surface area (Å²) in [6, 6.07) is 10.0. The monoisotopic (exact) mass is 288 g/mol. The van der Waals surface area contributed by atoms with Crippen LogP contribution >= 0.6 is 0 Å². The van der Waals surface area contributed by atoms with E-state index in [0.29, 0.717) is 6.61 Å². The van der Waals surface area contributed by atoms with Gasteiger partial charge in [-0.2, -0.15) is 5.26 Å². The molecule has 1 aromatic carbocycles. The van der Waals surface area contributed by atoms with E-state index in [2.05, 4.69) is 11.0 Å².